The second-order valence-electron chi connectivity index (χ2n) is 4.41. The molecular weight excluding hydrogens is 200 g/mol. The van der Waals surface area contributed by atoms with Crippen LogP contribution in [0.3, 0.4) is 0 Å². The Bertz CT molecular complexity index is 291. The topological polar surface area (TPSA) is 18.5 Å². The summed E-state index contributed by atoms with van der Waals surface area (Å²) in [6.07, 6.45) is 4.08. The van der Waals surface area contributed by atoms with Crippen molar-refractivity contribution in [3.05, 3.63) is 35.9 Å². The lowest BCUT2D eigenvalue weighted by Gasteiger charge is -2.28. The van der Waals surface area contributed by atoms with Crippen LogP contribution in [0.25, 0.3) is 0 Å². The van der Waals surface area contributed by atoms with Crippen molar-refractivity contribution in [2.75, 3.05) is 6.61 Å². The molecule has 2 rings (SSSR count). The van der Waals surface area contributed by atoms with Crippen LogP contribution in [-0.4, -0.2) is 18.8 Å². The van der Waals surface area contributed by atoms with Crippen molar-refractivity contribution in [1.29, 1.82) is 0 Å². The van der Waals surface area contributed by atoms with Crippen LogP contribution in [0.4, 0.5) is 0 Å². The highest BCUT2D eigenvalue weighted by Gasteiger charge is 2.21. The Balaban J connectivity index is 1.76. The van der Waals surface area contributed by atoms with Crippen molar-refractivity contribution in [2.45, 2.75) is 45.0 Å². The quantitative estimate of drug-likeness (QED) is 0.776. The monoisotopic (exact) mass is 220 g/mol. The molecule has 0 aliphatic carbocycles. The molecule has 88 valence electrons. The Morgan fingerprint density at radius 3 is 2.81 bits per heavy atom. The molecule has 1 heterocycles. The first-order chi connectivity index (χ1) is 7.86. The first-order valence-corrected chi connectivity index (χ1v) is 6.13. The van der Waals surface area contributed by atoms with Gasteiger partial charge in [0.15, 0.2) is 0 Å². The molecule has 0 aromatic heterocycles. The molecule has 0 bridgehead atoms. The maximum Gasteiger partial charge on any atom is 0.0834 e. The summed E-state index contributed by atoms with van der Waals surface area (Å²) in [5.41, 5.74) is 1.23. The van der Waals surface area contributed by atoms with Crippen LogP contribution >= 0.6 is 0 Å². The van der Waals surface area contributed by atoms with Gasteiger partial charge in [0.2, 0.25) is 0 Å². The van der Waals surface area contributed by atoms with E-state index in [2.05, 4.69) is 19.1 Å². The maximum absolute atomic E-state index is 5.84. The lowest BCUT2D eigenvalue weighted by molar-refractivity contribution is -0.0892. The predicted molar refractivity (Wildman–Crippen MR) is 64.3 cm³/mol. The zero-order valence-corrected chi connectivity index (χ0v) is 9.89. The van der Waals surface area contributed by atoms with E-state index in [4.69, 9.17) is 9.47 Å². The summed E-state index contributed by atoms with van der Waals surface area (Å²) in [6, 6.07) is 10.3. The minimum Gasteiger partial charge on any atom is -0.376 e. The van der Waals surface area contributed by atoms with E-state index in [1.54, 1.807) is 0 Å². The third kappa shape index (κ3) is 3.32. The summed E-state index contributed by atoms with van der Waals surface area (Å²) in [5, 5.41) is 0. The van der Waals surface area contributed by atoms with E-state index in [1.165, 1.54) is 18.4 Å². The largest absolute Gasteiger partial charge is 0.376 e. The van der Waals surface area contributed by atoms with Crippen molar-refractivity contribution in [3.63, 3.8) is 0 Å². The maximum atomic E-state index is 5.84. The smallest absolute Gasteiger partial charge is 0.0834 e. The van der Waals surface area contributed by atoms with E-state index >= 15 is 0 Å². The summed E-state index contributed by atoms with van der Waals surface area (Å²) in [6.45, 7) is 3.69. The van der Waals surface area contributed by atoms with Gasteiger partial charge in [-0.3, -0.25) is 0 Å². The molecule has 0 saturated carbocycles. The molecule has 1 aromatic carbocycles. The number of ether oxygens (including phenoxy) is 2. The summed E-state index contributed by atoms with van der Waals surface area (Å²) >= 11 is 0. The van der Waals surface area contributed by atoms with Crippen LogP contribution in [0.2, 0.25) is 0 Å². The summed E-state index contributed by atoms with van der Waals surface area (Å²) in [5.74, 6) is 0. The van der Waals surface area contributed by atoms with Gasteiger partial charge in [0, 0.05) is 6.61 Å². The van der Waals surface area contributed by atoms with E-state index in [0.717, 1.165) is 13.0 Å². The van der Waals surface area contributed by atoms with E-state index in [1.807, 2.05) is 18.2 Å². The Labute approximate surface area is 97.6 Å². The van der Waals surface area contributed by atoms with Crippen LogP contribution in [0.5, 0.6) is 0 Å². The third-order valence-corrected chi connectivity index (χ3v) is 3.09. The Morgan fingerprint density at radius 1 is 1.31 bits per heavy atom. The fraction of sp³-hybridized carbons (Fsp3) is 0.571. The molecule has 1 aliphatic heterocycles. The molecule has 16 heavy (non-hydrogen) atoms. The van der Waals surface area contributed by atoms with Crippen molar-refractivity contribution in [1.82, 2.24) is 0 Å². The zero-order chi connectivity index (χ0) is 11.2. The minimum atomic E-state index is 0.195. The van der Waals surface area contributed by atoms with Gasteiger partial charge < -0.3 is 9.47 Å². The van der Waals surface area contributed by atoms with Crippen LogP contribution in [0.15, 0.2) is 30.3 Å². The lowest BCUT2D eigenvalue weighted by Crippen LogP contribution is -2.32. The van der Waals surface area contributed by atoms with Crippen molar-refractivity contribution < 1.29 is 9.47 Å². The Kier molecular flexibility index (Phi) is 4.37. The van der Waals surface area contributed by atoms with E-state index in [9.17, 15) is 0 Å². The van der Waals surface area contributed by atoms with Gasteiger partial charge in [0.25, 0.3) is 0 Å². The van der Waals surface area contributed by atoms with Gasteiger partial charge in [0.05, 0.1) is 18.8 Å². The standard InChI is InChI=1S/C14H20O2/c1-12(14-9-5-6-10-15-14)16-11-13-7-3-2-4-8-13/h2-4,7-8,12,14H,5-6,9-11H2,1H3/t12-,14+/m0/s1. The molecule has 2 heteroatoms. The third-order valence-electron chi connectivity index (χ3n) is 3.09. The molecule has 1 saturated heterocycles. The van der Waals surface area contributed by atoms with E-state index in [-0.39, 0.29) is 12.2 Å². The second-order valence-corrected chi connectivity index (χ2v) is 4.41. The molecule has 2 nitrogen and oxygen atoms in total. The van der Waals surface area contributed by atoms with Gasteiger partial charge in [0.1, 0.15) is 0 Å². The molecule has 0 amide bonds. The average molecular weight is 220 g/mol. The first-order valence-electron chi connectivity index (χ1n) is 6.13. The minimum absolute atomic E-state index is 0.195. The number of benzene rings is 1. The van der Waals surface area contributed by atoms with E-state index in [0.29, 0.717) is 6.61 Å². The van der Waals surface area contributed by atoms with Gasteiger partial charge in [-0.05, 0) is 31.7 Å². The number of hydrogen-bond donors (Lipinski definition) is 0. The molecule has 1 aliphatic rings. The molecule has 0 N–H and O–H groups in total. The zero-order valence-electron chi connectivity index (χ0n) is 9.89. The average Bonchev–Trinajstić information content (AvgIpc) is 2.38. The van der Waals surface area contributed by atoms with Gasteiger partial charge >= 0.3 is 0 Å². The molecule has 1 fully saturated rings. The predicted octanol–water partition coefficient (Wildman–Crippen LogP) is 3.16. The Hall–Kier alpha value is -0.860. The first kappa shape index (κ1) is 11.6. The molecule has 0 spiro atoms. The van der Waals surface area contributed by atoms with Crippen LogP contribution in [-0.2, 0) is 16.1 Å². The molecule has 2 atom stereocenters. The summed E-state index contributed by atoms with van der Waals surface area (Å²) < 4.78 is 11.5. The van der Waals surface area contributed by atoms with Crippen LogP contribution in [0.1, 0.15) is 31.7 Å². The lowest BCUT2D eigenvalue weighted by atomic mass is 10.1. The fourth-order valence-corrected chi connectivity index (χ4v) is 2.05. The van der Waals surface area contributed by atoms with Crippen molar-refractivity contribution in [3.8, 4) is 0 Å². The SMILES string of the molecule is C[C@H](OCc1ccccc1)[C@H]1CCCCO1. The molecular formula is C14H20O2. The van der Waals surface area contributed by atoms with E-state index < -0.39 is 0 Å². The van der Waals surface area contributed by atoms with Crippen molar-refractivity contribution >= 4 is 0 Å². The normalized spacial score (nSPS) is 22.9. The molecule has 0 radical (unpaired) electrons. The highest BCUT2D eigenvalue weighted by molar-refractivity contribution is 5.13. The highest BCUT2D eigenvalue weighted by atomic mass is 16.5. The number of hydrogen-bond acceptors (Lipinski definition) is 2. The van der Waals surface area contributed by atoms with Crippen molar-refractivity contribution in [2.24, 2.45) is 0 Å². The van der Waals surface area contributed by atoms with Gasteiger partial charge in [-0.2, -0.15) is 0 Å². The Morgan fingerprint density at radius 2 is 2.12 bits per heavy atom. The van der Waals surface area contributed by atoms with Gasteiger partial charge in [-0.25, -0.2) is 0 Å². The van der Waals surface area contributed by atoms with Crippen LogP contribution < -0.4 is 0 Å². The second kappa shape index (κ2) is 6.02. The summed E-state index contributed by atoms with van der Waals surface area (Å²) in [4.78, 5) is 0. The summed E-state index contributed by atoms with van der Waals surface area (Å²) in [7, 11) is 0. The van der Waals surface area contributed by atoms with Gasteiger partial charge in [-0.15, -0.1) is 0 Å². The fourth-order valence-electron chi connectivity index (χ4n) is 2.05. The molecule has 1 aromatic rings. The molecule has 0 unspecified atom stereocenters. The number of rotatable bonds is 4. The van der Waals surface area contributed by atoms with Gasteiger partial charge in [-0.1, -0.05) is 30.3 Å². The highest BCUT2D eigenvalue weighted by Crippen LogP contribution is 2.18. The van der Waals surface area contributed by atoms with Crippen LogP contribution in [0, 0.1) is 0 Å².